The van der Waals surface area contributed by atoms with Crippen molar-refractivity contribution in [1.82, 2.24) is 9.80 Å². The lowest BCUT2D eigenvalue weighted by Gasteiger charge is -2.36. The van der Waals surface area contributed by atoms with Crippen LogP contribution in [0.25, 0.3) is 0 Å². The quantitative estimate of drug-likeness (QED) is 0.317. The molecule has 1 aromatic rings. The number of nitrogens with zero attached hydrogens (tertiary/aromatic N) is 4. The number of benzene rings is 1. The summed E-state index contributed by atoms with van der Waals surface area (Å²) in [5.41, 5.74) is 7.36. The van der Waals surface area contributed by atoms with Crippen molar-refractivity contribution in [1.29, 1.82) is 0 Å². The molecular weight excluding hydrogens is 413 g/mol. The maximum Gasteiger partial charge on any atom is 0.191 e. The fourth-order valence-electron chi connectivity index (χ4n) is 3.12. The van der Waals surface area contributed by atoms with Crippen LogP contribution in [0.1, 0.15) is 19.3 Å². The predicted octanol–water partition coefficient (Wildman–Crippen LogP) is 2.23. The molecule has 0 spiro atoms. The van der Waals surface area contributed by atoms with Crippen LogP contribution >= 0.6 is 24.0 Å². The van der Waals surface area contributed by atoms with Gasteiger partial charge in [-0.25, -0.2) is 0 Å². The largest absolute Gasteiger partial charge is 0.370 e. The zero-order valence-corrected chi connectivity index (χ0v) is 16.9. The first-order valence-electron chi connectivity index (χ1n) is 8.79. The summed E-state index contributed by atoms with van der Waals surface area (Å²) in [5, 5.41) is 0. The van der Waals surface area contributed by atoms with Crippen LogP contribution in [0.5, 0.6) is 0 Å². The minimum Gasteiger partial charge on any atom is -0.370 e. The number of anilines is 1. The molecule has 1 saturated carbocycles. The first-order valence-corrected chi connectivity index (χ1v) is 8.79. The van der Waals surface area contributed by atoms with Crippen LogP contribution in [0.2, 0.25) is 0 Å². The minimum absolute atomic E-state index is 0. The summed E-state index contributed by atoms with van der Waals surface area (Å²) < 4.78 is 0. The van der Waals surface area contributed by atoms with E-state index in [1.807, 2.05) is 0 Å². The van der Waals surface area contributed by atoms with Crippen LogP contribution < -0.4 is 10.6 Å². The number of piperazine rings is 1. The summed E-state index contributed by atoms with van der Waals surface area (Å²) >= 11 is 0. The molecule has 1 aromatic carbocycles. The number of aliphatic imine (C=N–C) groups is 1. The van der Waals surface area contributed by atoms with Crippen molar-refractivity contribution in [2.45, 2.75) is 25.3 Å². The monoisotopic (exact) mass is 443 g/mol. The van der Waals surface area contributed by atoms with E-state index in [9.17, 15) is 0 Å². The zero-order chi connectivity index (χ0) is 16.1. The van der Waals surface area contributed by atoms with Gasteiger partial charge in [-0.1, -0.05) is 18.2 Å². The number of rotatable bonds is 6. The van der Waals surface area contributed by atoms with E-state index in [0.29, 0.717) is 12.0 Å². The number of halogens is 1. The lowest BCUT2D eigenvalue weighted by Crippen LogP contribution is -2.46. The zero-order valence-electron chi connectivity index (χ0n) is 14.6. The van der Waals surface area contributed by atoms with Gasteiger partial charge >= 0.3 is 0 Å². The van der Waals surface area contributed by atoms with Crippen molar-refractivity contribution in [3.05, 3.63) is 30.3 Å². The third kappa shape index (κ3) is 5.51. The van der Waals surface area contributed by atoms with Crippen molar-refractivity contribution < 1.29 is 0 Å². The molecule has 2 N–H and O–H groups in total. The Kier molecular flexibility index (Phi) is 7.61. The number of hydrogen-bond donors (Lipinski definition) is 1. The molecule has 1 saturated heterocycles. The molecule has 134 valence electrons. The Morgan fingerprint density at radius 1 is 1.17 bits per heavy atom. The van der Waals surface area contributed by atoms with E-state index in [0.717, 1.165) is 45.7 Å². The van der Waals surface area contributed by atoms with Crippen molar-refractivity contribution >= 4 is 35.6 Å². The third-order valence-electron chi connectivity index (χ3n) is 4.86. The number of guanidine groups is 1. The normalized spacial score (nSPS) is 19.0. The highest BCUT2D eigenvalue weighted by Crippen LogP contribution is 2.24. The number of hydrogen-bond acceptors (Lipinski definition) is 3. The Hall–Kier alpha value is -1.02. The van der Waals surface area contributed by atoms with E-state index in [-0.39, 0.29) is 24.0 Å². The molecule has 3 rings (SSSR count). The standard InChI is InChI=1S/C18H29N5.HI/c1-21(16-8-9-16)18(19)20-10-5-11-22-12-14-23(15-13-22)17-6-3-2-4-7-17;/h2-4,6-7,16H,5,8-15H2,1H3,(H2,19,20);1H. The highest BCUT2D eigenvalue weighted by Gasteiger charge is 2.27. The van der Waals surface area contributed by atoms with Crippen LogP contribution in [-0.4, -0.2) is 68.1 Å². The molecule has 1 heterocycles. The Balaban J connectivity index is 0.00000208. The Labute approximate surface area is 162 Å². The van der Waals surface area contributed by atoms with Crippen LogP contribution in [-0.2, 0) is 0 Å². The fourth-order valence-corrected chi connectivity index (χ4v) is 3.12. The highest BCUT2D eigenvalue weighted by molar-refractivity contribution is 14.0. The molecule has 0 aromatic heterocycles. The van der Waals surface area contributed by atoms with E-state index in [4.69, 9.17) is 5.73 Å². The van der Waals surface area contributed by atoms with E-state index < -0.39 is 0 Å². The number of nitrogens with two attached hydrogens (primary N) is 1. The average molecular weight is 443 g/mol. The molecule has 1 aliphatic carbocycles. The smallest absolute Gasteiger partial charge is 0.191 e. The van der Waals surface area contributed by atoms with Crippen LogP contribution in [0.4, 0.5) is 5.69 Å². The fraction of sp³-hybridized carbons (Fsp3) is 0.611. The lowest BCUT2D eigenvalue weighted by molar-refractivity contribution is 0.256. The van der Waals surface area contributed by atoms with Gasteiger partial charge in [-0.3, -0.25) is 9.89 Å². The van der Waals surface area contributed by atoms with Crippen LogP contribution in [0, 0.1) is 0 Å². The summed E-state index contributed by atoms with van der Waals surface area (Å²) in [4.78, 5) is 11.6. The Morgan fingerprint density at radius 3 is 2.46 bits per heavy atom. The van der Waals surface area contributed by atoms with Gasteiger partial charge in [0.15, 0.2) is 5.96 Å². The summed E-state index contributed by atoms with van der Waals surface area (Å²) in [6.45, 7) is 6.44. The van der Waals surface area contributed by atoms with Gasteiger partial charge in [-0.05, 0) is 31.4 Å². The summed E-state index contributed by atoms with van der Waals surface area (Å²) in [6, 6.07) is 11.3. The highest BCUT2D eigenvalue weighted by atomic mass is 127. The van der Waals surface area contributed by atoms with E-state index in [1.165, 1.54) is 18.5 Å². The Morgan fingerprint density at radius 2 is 1.83 bits per heavy atom. The van der Waals surface area contributed by atoms with Gasteiger partial charge in [-0.15, -0.1) is 24.0 Å². The molecule has 0 atom stereocenters. The lowest BCUT2D eigenvalue weighted by atomic mass is 10.2. The van der Waals surface area contributed by atoms with Gasteiger partial charge in [0.1, 0.15) is 0 Å². The first-order chi connectivity index (χ1) is 11.2. The van der Waals surface area contributed by atoms with E-state index in [2.05, 4.69) is 57.1 Å². The van der Waals surface area contributed by atoms with Crippen molar-refractivity contribution in [2.24, 2.45) is 10.7 Å². The second-order valence-electron chi connectivity index (χ2n) is 6.60. The molecule has 0 unspecified atom stereocenters. The molecule has 1 aliphatic heterocycles. The average Bonchev–Trinajstić information content (AvgIpc) is 3.44. The second-order valence-corrected chi connectivity index (χ2v) is 6.60. The summed E-state index contributed by atoms with van der Waals surface area (Å²) in [6.07, 6.45) is 3.61. The van der Waals surface area contributed by atoms with Gasteiger partial charge < -0.3 is 15.5 Å². The van der Waals surface area contributed by atoms with Crippen molar-refractivity contribution in [3.63, 3.8) is 0 Å². The molecule has 24 heavy (non-hydrogen) atoms. The van der Waals surface area contributed by atoms with Crippen LogP contribution in [0.15, 0.2) is 35.3 Å². The summed E-state index contributed by atoms with van der Waals surface area (Å²) in [7, 11) is 2.05. The molecule has 0 radical (unpaired) electrons. The maximum atomic E-state index is 6.02. The van der Waals surface area contributed by atoms with Gasteiger partial charge in [0, 0.05) is 58.0 Å². The molecule has 2 aliphatic rings. The van der Waals surface area contributed by atoms with Gasteiger partial charge in [0.25, 0.3) is 0 Å². The molecular formula is C18H30IN5. The topological polar surface area (TPSA) is 48.1 Å². The van der Waals surface area contributed by atoms with E-state index in [1.54, 1.807) is 0 Å². The predicted molar refractivity (Wildman–Crippen MR) is 112 cm³/mol. The molecule has 0 amide bonds. The molecule has 6 heteroatoms. The van der Waals surface area contributed by atoms with Gasteiger partial charge in [-0.2, -0.15) is 0 Å². The minimum atomic E-state index is 0. The first kappa shape index (κ1) is 19.3. The molecule has 0 bridgehead atoms. The number of para-hydroxylation sites is 1. The van der Waals surface area contributed by atoms with Gasteiger partial charge in [0.2, 0.25) is 0 Å². The molecule has 2 fully saturated rings. The van der Waals surface area contributed by atoms with Crippen molar-refractivity contribution in [2.75, 3.05) is 51.2 Å². The maximum absolute atomic E-state index is 6.02. The Bertz CT molecular complexity index is 509. The van der Waals surface area contributed by atoms with Gasteiger partial charge in [0.05, 0.1) is 0 Å². The summed E-state index contributed by atoms with van der Waals surface area (Å²) in [5.74, 6) is 0.710. The molecule has 5 nitrogen and oxygen atoms in total. The SMILES string of the molecule is CN(C(N)=NCCCN1CCN(c2ccccc2)CC1)C1CC1.I. The van der Waals surface area contributed by atoms with Crippen molar-refractivity contribution in [3.8, 4) is 0 Å². The van der Waals surface area contributed by atoms with E-state index >= 15 is 0 Å². The van der Waals surface area contributed by atoms with Crippen LogP contribution in [0.3, 0.4) is 0 Å². The second kappa shape index (κ2) is 9.46. The third-order valence-corrected chi connectivity index (χ3v) is 4.86.